The van der Waals surface area contributed by atoms with E-state index in [-0.39, 0.29) is 24.1 Å². The summed E-state index contributed by atoms with van der Waals surface area (Å²) in [6.45, 7) is 5.40. The zero-order chi connectivity index (χ0) is 17.1. The number of nitrogens with one attached hydrogen (secondary N) is 2. The van der Waals surface area contributed by atoms with Crippen LogP contribution in [0.4, 0.5) is 5.82 Å². The van der Waals surface area contributed by atoms with Crippen molar-refractivity contribution in [1.82, 2.24) is 25.1 Å². The molecule has 1 fully saturated rings. The molecule has 24 heavy (non-hydrogen) atoms. The van der Waals surface area contributed by atoms with E-state index in [0.29, 0.717) is 12.4 Å². The number of anilines is 1. The van der Waals surface area contributed by atoms with Gasteiger partial charge in [-0.2, -0.15) is 5.10 Å². The van der Waals surface area contributed by atoms with E-state index in [4.69, 9.17) is 0 Å². The van der Waals surface area contributed by atoms with Crippen molar-refractivity contribution >= 4 is 11.7 Å². The number of H-pyrrole nitrogens is 1. The first-order valence-electron chi connectivity index (χ1n) is 8.12. The lowest BCUT2D eigenvalue weighted by Gasteiger charge is -2.33. The van der Waals surface area contributed by atoms with Crippen molar-refractivity contribution in [3.05, 3.63) is 40.2 Å². The molecule has 1 amide bonds. The van der Waals surface area contributed by atoms with Gasteiger partial charge in [0.25, 0.3) is 5.56 Å². The first-order valence-corrected chi connectivity index (χ1v) is 8.12. The Labute approximate surface area is 139 Å². The molecule has 0 radical (unpaired) electrons. The Morgan fingerprint density at radius 3 is 3.00 bits per heavy atom. The maximum Gasteiger partial charge on any atom is 0.290 e. The van der Waals surface area contributed by atoms with Crippen LogP contribution in [0.25, 0.3) is 0 Å². The maximum absolute atomic E-state index is 12.3. The van der Waals surface area contributed by atoms with Crippen LogP contribution in [0.5, 0.6) is 0 Å². The van der Waals surface area contributed by atoms with Crippen molar-refractivity contribution < 1.29 is 4.79 Å². The van der Waals surface area contributed by atoms with Gasteiger partial charge in [0.2, 0.25) is 5.91 Å². The smallest absolute Gasteiger partial charge is 0.290 e. The Hall–Kier alpha value is -2.64. The van der Waals surface area contributed by atoms with Gasteiger partial charge in [0.05, 0.1) is 5.69 Å². The number of amides is 1. The Kier molecular flexibility index (Phi) is 4.64. The molecule has 1 unspecified atom stereocenters. The highest BCUT2D eigenvalue weighted by atomic mass is 16.2. The number of carbonyl (C=O) groups is 1. The second-order valence-corrected chi connectivity index (χ2v) is 6.18. The van der Waals surface area contributed by atoms with E-state index in [2.05, 4.69) is 20.4 Å². The summed E-state index contributed by atoms with van der Waals surface area (Å²) in [5.41, 5.74) is 1.67. The summed E-state index contributed by atoms with van der Waals surface area (Å²) in [5.74, 6) is 0.345. The first-order chi connectivity index (χ1) is 11.5. The maximum atomic E-state index is 12.3. The van der Waals surface area contributed by atoms with Gasteiger partial charge in [0.15, 0.2) is 5.82 Å². The van der Waals surface area contributed by atoms with Crippen LogP contribution in [0.3, 0.4) is 0 Å². The monoisotopic (exact) mass is 330 g/mol. The number of aromatic nitrogens is 4. The number of hydrogen-bond donors (Lipinski definition) is 2. The molecule has 3 rings (SSSR count). The van der Waals surface area contributed by atoms with Crippen LogP contribution in [-0.2, 0) is 11.3 Å². The zero-order valence-electron chi connectivity index (χ0n) is 14.0. The van der Waals surface area contributed by atoms with E-state index in [9.17, 15) is 9.59 Å². The second kappa shape index (κ2) is 6.86. The Morgan fingerprint density at radius 1 is 1.46 bits per heavy atom. The average molecular weight is 330 g/mol. The van der Waals surface area contributed by atoms with Crippen LogP contribution in [0.15, 0.2) is 23.3 Å². The van der Waals surface area contributed by atoms with E-state index in [1.807, 2.05) is 24.8 Å². The molecular formula is C16H22N6O2. The number of hydrogen-bond acceptors (Lipinski definition) is 5. The predicted octanol–water partition coefficient (Wildman–Crippen LogP) is 0.368. The standard InChI is InChI=1S/C16H22N6O2/c1-11-8-12(2)22(20-11)10-14(23)19-13-4-3-7-21(9-13)15-16(24)18-6-5-17-15/h5-6,8,13H,3-4,7,9-10H2,1-2H3,(H,18,24)(H,19,23). The lowest BCUT2D eigenvalue weighted by atomic mass is 10.1. The summed E-state index contributed by atoms with van der Waals surface area (Å²) in [6, 6.07) is 1.95. The highest BCUT2D eigenvalue weighted by Gasteiger charge is 2.24. The number of nitrogens with zero attached hydrogens (tertiary/aromatic N) is 4. The van der Waals surface area contributed by atoms with E-state index in [1.165, 1.54) is 6.20 Å². The van der Waals surface area contributed by atoms with Gasteiger partial charge in [-0.15, -0.1) is 0 Å². The van der Waals surface area contributed by atoms with Crippen molar-refractivity contribution in [2.24, 2.45) is 0 Å². The molecule has 1 aliphatic rings. The third-order valence-electron chi connectivity index (χ3n) is 4.17. The van der Waals surface area contributed by atoms with Gasteiger partial charge in [0.1, 0.15) is 6.54 Å². The molecule has 2 aromatic heterocycles. The summed E-state index contributed by atoms with van der Waals surface area (Å²) in [5, 5.41) is 7.35. The lowest BCUT2D eigenvalue weighted by Crippen LogP contribution is -2.50. The number of aromatic amines is 1. The SMILES string of the molecule is Cc1cc(C)n(CC(=O)NC2CCCN(c3ncc[nH]c3=O)C2)n1. The Bertz CT molecular complexity index is 781. The molecule has 0 aromatic carbocycles. The van der Waals surface area contributed by atoms with Crippen LogP contribution in [0.1, 0.15) is 24.2 Å². The van der Waals surface area contributed by atoms with E-state index in [1.54, 1.807) is 10.9 Å². The Morgan fingerprint density at radius 2 is 2.29 bits per heavy atom. The van der Waals surface area contributed by atoms with E-state index in [0.717, 1.165) is 30.8 Å². The quantitative estimate of drug-likeness (QED) is 0.844. The number of aryl methyl sites for hydroxylation is 2. The number of rotatable bonds is 4. The van der Waals surface area contributed by atoms with Crippen LogP contribution in [0, 0.1) is 13.8 Å². The fourth-order valence-electron chi connectivity index (χ4n) is 3.10. The lowest BCUT2D eigenvalue weighted by molar-refractivity contribution is -0.122. The zero-order valence-corrected chi connectivity index (χ0v) is 14.0. The van der Waals surface area contributed by atoms with Crippen LogP contribution >= 0.6 is 0 Å². The minimum atomic E-state index is -0.202. The van der Waals surface area contributed by atoms with Gasteiger partial charge in [-0.25, -0.2) is 4.98 Å². The van der Waals surface area contributed by atoms with Crippen molar-refractivity contribution in [2.45, 2.75) is 39.3 Å². The molecule has 1 atom stereocenters. The van der Waals surface area contributed by atoms with Crippen LogP contribution in [0.2, 0.25) is 0 Å². The minimum Gasteiger partial charge on any atom is -0.350 e. The average Bonchev–Trinajstić information content (AvgIpc) is 2.85. The molecule has 0 bridgehead atoms. The molecule has 1 aliphatic heterocycles. The largest absolute Gasteiger partial charge is 0.350 e. The van der Waals surface area contributed by atoms with E-state index < -0.39 is 0 Å². The first kappa shape index (κ1) is 16.2. The molecule has 1 saturated heterocycles. The number of piperidine rings is 1. The molecule has 128 valence electrons. The predicted molar refractivity (Wildman–Crippen MR) is 89.9 cm³/mol. The number of carbonyl (C=O) groups excluding carboxylic acids is 1. The summed E-state index contributed by atoms with van der Waals surface area (Å²) >= 11 is 0. The second-order valence-electron chi connectivity index (χ2n) is 6.18. The van der Waals surface area contributed by atoms with Gasteiger partial charge >= 0.3 is 0 Å². The summed E-state index contributed by atoms with van der Waals surface area (Å²) < 4.78 is 1.70. The molecule has 2 N–H and O–H groups in total. The fourth-order valence-corrected chi connectivity index (χ4v) is 3.10. The minimum absolute atomic E-state index is 0.00428. The highest BCUT2D eigenvalue weighted by Crippen LogP contribution is 2.14. The third kappa shape index (κ3) is 3.64. The van der Waals surface area contributed by atoms with E-state index >= 15 is 0 Å². The van der Waals surface area contributed by atoms with Gasteiger partial charge in [-0.3, -0.25) is 14.3 Å². The van der Waals surface area contributed by atoms with Gasteiger partial charge < -0.3 is 15.2 Å². The van der Waals surface area contributed by atoms with Gasteiger partial charge in [-0.05, 0) is 32.8 Å². The molecule has 8 nitrogen and oxygen atoms in total. The highest BCUT2D eigenvalue weighted by molar-refractivity contribution is 5.76. The van der Waals surface area contributed by atoms with Gasteiger partial charge in [-0.1, -0.05) is 0 Å². The third-order valence-corrected chi connectivity index (χ3v) is 4.17. The molecule has 0 spiro atoms. The summed E-state index contributed by atoms with van der Waals surface area (Å²) in [6.07, 6.45) is 4.89. The van der Waals surface area contributed by atoms with Crippen molar-refractivity contribution in [1.29, 1.82) is 0 Å². The van der Waals surface area contributed by atoms with Crippen LogP contribution < -0.4 is 15.8 Å². The Balaban J connectivity index is 1.61. The topological polar surface area (TPSA) is 95.9 Å². The van der Waals surface area contributed by atoms with Crippen molar-refractivity contribution in [3.8, 4) is 0 Å². The molecule has 3 heterocycles. The van der Waals surface area contributed by atoms with Gasteiger partial charge in [0, 0.05) is 37.2 Å². The fraction of sp³-hybridized carbons (Fsp3) is 0.500. The van der Waals surface area contributed by atoms with Crippen molar-refractivity contribution in [2.75, 3.05) is 18.0 Å². The normalized spacial score (nSPS) is 17.8. The van der Waals surface area contributed by atoms with Crippen LogP contribution in [-0.4, -0.2) is 44.8 Å². The molecule has 0 aliphatic carbocycles. The summed E-state index contributed by atoms with van der Waals surface area (Å²) in [7, 11) is 0. The molecular weight excluding hydrogens is 308 g/mol. The summed E-state index contributed by atoms with van der Waals surface area (Å²) in [4.78, 5) is 32.9. The molecule has 0 saturated carbocycles. The molecule has 8 heteroatoms. The molecule has 2 aromatic rings. The van der Waals surface area contributed by atoms with Crippen molar-refractivity contribution in [3.63, 3.8) is 0 Å².